The summed E-state index contributed by atoms with van der Waals surface area (Å²) in [6.45, 7) is 5.50. The second-order valence-electron chi connectivity index (χ2n) is 6.15. The predicted molar refractivity (Wildman–Crippen MR) is 80.9 cm³/mol. The molecule has 2 N–H and O–H groups in total. The number of halogens is 1. The Morgan fingerprint density at radius 1 is 1.32 bits per heavy atom. The molecule has 4 unspecified atom stereocenters. The number of sulfonamides is 1. The molecule has 0 aromatic carbocycles. The average molecular weight is 311 g/mol. The maximum atomic E-state index is 12.3. The summed E-state index contributed by atoms with van der Waals surface area (Å²) in [7, 11) is -3.07. The van der Waals surface area contributed by atoms with E-state index in [0.29, 0.717) is 30.7 Å². The third-order valence-corrected chi connectivity index (χ3v) is 6.62. The van der Waals surface area contributed by atoms with Crippen LogP contribution in [0.15, 0.2) is 0 Å². The average Bonchev–Trinajstić information content (AvgIpc) is 2.81. The monoisotopic (exact) mass is 310 g/mol. The van der Waals surface area contributed by atoms with Gasteiger partial charge in [-0.3, -0.25) is 0 Å². The molecule has 2 aliphatic rings. The van der Waals surface area contributed by atoms with Gasteiger partial charge in [0.25, 0.3) is 0 Å². The van der Waals surface area contributed by atoms with Crippen LogP contribution in [0.5, 0.6) is 0 Å². The molecule has 2 rings (SSSR count). The quantitative estimate of drug-likeness (QED) is 0.843. The van der Waals surface area contributed by atoms with Crippen LogP contribution in [0.1, 0.15) is 39.5 Å². The van der Waals surface area contributed by atoms with E-state index in [1.165, 1.54) is 0 Å². The second-order valence-corrected chi connectivity index (χ2v) is 8.17. The minimum atomic E-state index is -3.07. The molecule has 4 atom stereocenters. The lowest BCUT2D eigenvalue weighted by molar-refractivity contribution is 0.420. The van der Waals surface area contributed by atoms with E-state index in [9.17, 15) is 8.42 Å². The van der Waals surface area contributed by atoms with Crippen LogP contribution in [0.2, 0.25) is 0 Å². The van der Waals surface area contributed by atoms with Crippen LogP contribution in [0.3, 0.4) is 0 Å². The van der Waals surface area contributed by atoms with E-state index >= 15 is 0 Å². The lowest BCUT2D eigenvalue weighted by atomic mass is 9.98. The molecular weight excluding hydrogens is 284 g/mol. The second kappa shape index (κ2) is 6.74. The Balaban J connectivity index is 0.00000180. The van der Waals surface area contributed by atoms with E-state index in [1.807, 2.05) is 6.92 Å². The number of nitrogens with zero attached hydrogens (tertiary/aromatic N) is 1. The third-order valence-electron chi connectivity index (χ3n) is 4.55. The van der Waals surface area contributed by atoms with Crippen molar-refractivity contribution in [3.05, 3.63) is 0 Å². The van der Waals surface area contributed by atoms with Crippen LogP contribution in [-0.2, 0) is 10.0 Å². The predicted octanol–water partition coefficient (Wildman–Crippen LogP) is 1.84. The maximum absolute atomic E-state index is 12.3. The summed E-state index contributed by atoms with van der Waals surface area (Å²) in [6.07, 6.45) is 4.20. The Hall–Kier alpha value is 0.160. The van der Waals surface area contributed by atoms with Gasteiger partial charge in [-0.1, -0.05) is 20.3 Å². The molecular formula is C13H27ClN2O2S. The number of hydrogen-bond acceptors (Lipinski definition) is 3. The molecule has 0 bridgehead atoms. The zero-order valence-corrected chi connectivity index (χ0v) is 13.5. The van der Waals surface area contributed by atoms with Gasteiger partial charge in [0.15, 0.2) is 0 Å². The normalized spacial score (nSPS) is 32.9. The van der Waals surface area contributed by atoms with Crippen molar-refractivity contribution in [1.29, 1.82) is 0 Å². The highest BCUT2D eigenvalue weighted by Gasteiger charge is 2.44. The van der Waals surface area contributed by atoms with Gasteiger partial charge < -0.3 is 5.73 Å². The van der Waals surface area contributed by atoms with E-state index < -0.39 is 10.0 Å². The lowest BCUT2D eigenvalue weighted by Crippen LogP contribution is -2.36. The van der Waals surface area contributed by atoms with Crippen LogP contribution < -0.4 is 5.73 Å². The van der Waals surface area contributed by atoms with Gasteiger partial charge in [0, 0.05) is 19.1 Å². The van der Waals surface area contributed by atoms with Crippen LogP contribution in [0, 0.1) is 17.8 Å². The summed E-state index contributed by atoms with van der Waals surface area (Å²) in [5.74, 6) is 1.47. The zero-order valence-electron chi connectivity index (χ0n) is 11.9. The molecule has 0 aromatic heterocycles. The Bertz CT molecular complexity index is 388. The molecule has 6 heteroatoms. The molecule has 0 spiro atoms. The highest BCUT2D eigenvalue weighted by Crippen LogP contribution is 2.38. The van der Waals surface area contributed by atoms with E-state index in [1.54, 1.807) is 4.31 Å². The Kier molecular flexibility index (Phi) is 6.11. The fraction of sp³-hybridized carbons (Fsp3) is 1.00. The molecule has 4 nitrogen and oxygen atoms in total. The molecule has 1 heterocycles. The van der Waals surface area contributed by atoms with Crippen molar-refractivity contribution in [3.8, 4) is 0 Å². The first kappa shape index (κ1) is 17.2. The van der Waals surface area contributed by atoms with Crippen LogP contribution in [0.4, 0.5) is 0 Å². The fourth-order valence-electron chi connectivity index (χ4n) is 3.53. The topological polar surface area (TPSA) is 63.4 Å². The lowest BCUT2D eigenvalue weighted by Gasteiger charge is -2.20. The van der Waals surface area contributed by atoms with Crippen molar-refractivity contribution in [2.45, 2.75) is 45.6 Å². The fourth-order valence-corrected chi connectivity index (χ4v) is 5.45. The largest absolute Gasteiger partial charge is 0.327 e. The summed E-state index contributed by atoms with van der Waals surface area (Å²) < 4.78 is 26.4. The molecule has 0 aromatic rings. The Morgan fingerprint density at radius 2 is 2.00 bits per heavy atom. The standard InChI is InChI=1S/C13H26N2O2S.ClH/c1-3-4-10(2)9-18(16,17)15-7-11-5-6-13(14)12(11)8-15;/h10-13H,3-9,14H2,1-2H3;1H. The van der Waals surface area contributed by atoms with Gasteiger partial charge in [-0.25, -0.2) is 12.7 Å². The minimum Gasteiger partial charge on any atom is -0.327 e. The Labute approximate surface area is 123 Å². The maximum Gasteiger partial charge on any atom is 0.214 e. The molecule has 114 valence electrons. The number of rotatable bonds is 5. The van der Waals surface area contributed by atoms with Crippen LogP contribution >= 0.6 is 12.4 Å². The van der Waals surface area contributed by atoms with Gasteiger partial charge in [-0.15, -0.1) is 12.4 Å². The Morgan fingerprint density at radius 3 is 2.58 bits per heavy atom. The number of hydrogen-bond donors (Lipinski definition) is 1. The first-order chi connectivity index (χ1) is 8.44. The molecule has 1 saturated heterocycles. The van der Waals surface area contributed by atoms with E-state index in [2.05, 4.69) is 6.92 Å². The summed E-state index contributed by atoms with van der Waals surface area (Å²) >= 11 is 0. The van der Waals surface area contributed by atoms with Crippen molar-refractivity contribution in [2.24, 2.45) is 23.5 Å². The number of fused-ring (bicyclic) bond motifs is 1. The first-order valence-electron chi connectivity index (χ1n) is 7.17. The molecule has 2 fully saturated rings. The molecule has 0 radical (unpaired) electrons. The minimum absolute atomic E-state index is 0. The van der Waals surface area contributed by atoms with Crippen LogP contribution in [0.25, 0.3) is 0 Å². The van der Waals surface area contributed by atoms with E-state index in [-0.39, 0.29) is 24.4 Å². The highest BCUT2D eigenvalue weighted by atomic mass is 35.5. The molecule has 1 saturated carbocycles. The van der Waals surface area contributed by atoms with E-state index in [0.717, 1.165) is 25.7 Å². The smallest absolute Gasteiger partial charge is 0.214 e. The van der Waals surface area contributed by atoms with E-state index in [4.69, 9.17) is 5.73 Å². The number of nitrogens with two attached hydrogens (primary N) is 1. The van der Waals surface area contributed by atoms with Gasteiger partial charge in [0.2, 0.25) is 10.0 Å². The molecule has 1 aliphatic carbocycles. The first-order valence-corrected chi connectivity index (χ1v) is 8.78. The van der Waals surface area contributed by atoms with Crippen molar-refractivity contribution < 1.29 is 8.42 Å². The summed E-state index contributed by atoms with van der Waals surface area (Å²) in [5.41, 5.74) is 6.05. The summed E-state index contributed by atoms with van der Waals surface area (Å²) in [4.78, 5) is 0. The molecule has 19 heavy (non-hydrogen) atoms. The van der Waals surface area contributed by atoms with Gasteiger partial charge >= 0.3 is 0 Å². The van der Waals surface area contributed by atoms with Crippen molar-refractivity contribution in [1.82, 2.24) is 4.31 Å². The molecule has 1 aliphatic heterocycles. The summed E-state index contributed by atoms with van der Waals surface area (Å²) in [6, 6.07) is 0.211. The third kappa shape index (κ3) is 3.84. The van der Waals surface area contributed by atoms with Crippen molar-refractivity contribution >= 4 is 22.4 Å². The van der Waals surface area contributed by atoms with Crippen LogP contribution in [-0.4, -0.2) is 37.6 Å². The van der Waals surface area contributed by atoms with Gasteiger partial charge in [0.05, 0.1) is 5.75 Å². The van der Waals surface area contributed by atoms with Crippen molar-refractivity contribution in [2.75, 3.05) is 18.8 Å². The SMILES string of the molecule is CCCC(C)CS(=O)(=O)N1CC2CCC(N)C2C1.Cl. The molecule has 0 amide bonds. The van der Waals surface area contributed by atoms with Gasteiger partial charge in [-0.2, -0.15) is 0 Å². The van der Waals surface area contributed by atoms with Gasteiger partial charge in [-0.05, 0) is 37.0 Å². The van der Waals surface area contributed by atoms with Crippen molar-refractivity contribution in [3.63, 3.8) is 0 Å². The van der Waals surface area contributed by atoms with Gasteiger partial charge in [0.1, 0.15) is 0 Å². The zero-order chi connectivity index (χ0) is 13.3. The highest BCUT2D eigenvalue weighted by molar-refractivity contribution is 7.89. The summed E-state index contributed by atoms with van der Waals surface area (Å²) in [5, 5.41) is 0.